The minimum absolute atomic E-state index is 0.0554. The van der Waals surface area contributed by atoms with Gasteiger partial charge in [-0.3, -0.25) is 4.79 Å². The predicted octanol–water partition coefficient (Wildman–Crippen LogP) is 3.52. The van der Waals surface area contributed by atoms with Crippen molar-refractivity contribution in [3.8, 4) is 5.75 Å². The van der Waals surface area contributed by atoms with Crippen LogP contribution < -0.4 is 10.6 Å². The van der Waals surface area contributed by atoms with Crippen LogP contribution in [0.1, 0.15) is 27.9 Å². The lowest BCUT2D eigenvalue weighted by Gasteiger charge is -2.09. The quantitative estimate of drug-likeness (QED) is 0.793. The van der Waals surface area contributed by atoms with E-state index in [4.69, 9.17) is 0 Å². The van der Waals surface area contributed by atoms with E-state index in [2.05, 4.69) is 20.6 Å². The molecule has 1 amide bonds. The molecule has 2 aromatic carbocycles. The molecule has 6 nitrogen and oxygen atoms in total. The number of aromatic hydroxyl groups is 1. The van der Waals surface area contributed by atoms with Gasteiger partial charge in [0.15, 0.2) is 0 Å². The van der Waals surface area contributed by atoms with E-state index < -0.39 is 0 Å². The minimum atomic E-state index is -0.289. The summed E-state index contributed by atoms with van der Waals surface area (Å²) in [4.78, 5) is 21.0. The van der Waals surface area contributed by atoms with E-state index in [0.717, 1.165) is 16.8 Å². The summed E-state index contributed by atoms with van der Waals surface area (Å²) in [5, 5.41) is 15.6. The molecule has 3 N–H and O–H groups in total. The van der Waals surface area contributed by atoms with E-state index in [0.29, 0.717) is 23.6 Å². The molecule has 0 spiro atoms. The van der Waals surface area contributed by atoms with Crippen molar-refractivity contribution in [2.45, 2.75) is 20.3 Å². The van der Waals surface area contributed by atoms with Crippen LogP contribution in [0.3, 0.4) is 0 Å². The van der Waals surface area contributed by atoms with Gasteiger partial charge in [-0.15, -0.1) is 0 Å². The molecule has 0 atom stereocenters. The number of nitrogens with zero attached hydrogens (tertiary/aromatic N) is 2. The van der Waals surface area contributed by atoms with Crippen molar-refractivity contribution >= 4 is 23.8 Å². The van der Waals surface area contributed by atoms with Crippen LogP contribution in [0.15, 0.2) is 64.3 Å². The van der Waals surface area contributed by atoms with Crippen molar-refractivity contribution in [3.63, 3.8) is 0 Å². The molecule has 1 heterocycles. The number of hydrogen-bond acceptors (Lipinski definition) is 5. The number of anilines is 1. The molecule has 1 aliphatic heterocycles. The zero-order valence-corrected chi connectivity index (χ0v) is 14.7. The fourth-order valence-corrected chi connectivity index (χ4v) is 2.52. The summed E-state index contributed by atoms with van der Waals surface area (Å²) >= 11 is 0. The summed E-state index contributed by atoms with van der Waals surface area (Å²) in [6.45, 7) is 3.83. The monoisotopic (exact) mass is 348 g/mol. The number of carbonyl (C=O) groups excluding carboxylic acids is 1. The van der Waals surface area contributed by atoms with Crippen LogP contribution >= 0.6 is 0 Å². The third kappa shape index (κ3) is 4.36. The molecule has 0 fully saturated rings. The van der Waals surface area contributed by atoms with Gasteiger partial charge >= 0.3 is 0 Å². The number of hydrogen-bond donors (Lipinski definition) is 3. The summed E-state index contributed by atoms with van der Waals surface area (Å²) < 4.78 is 0. The van der Waals surface area contributed by atoms with Crippen LogP contribution in [-0.2, 0) is 0 Å². The van der Waals surface area contributed by atoms with Gasteiger partial charge in [-0.25, -0.2) is 9.98 Å². The maximum absolute atomic E-state index is 12.4. The Morgan fingerprint density at radius 2 is 2.00 bits per heavy atom. The van der Waals surface area contributed by atoms with Crippen LogP contribution in [0.4, 0.5) is 5.69 Å². The fraction of sp³-hybridized carbons (Fsp3) is 0.150. The number of guanidine groups is 1. The average Bonchev–Trinajstić information content (AvgIpc) is 2.82. The Morgan fingerprint density at radius 1 is 1.15 bits per heavy atom. The van der Waals surface area contributed by atoms with E-state index in [1.807, 2.05) is 38.1 Å². The van der Waals surface area contributed by atoms with Crippen molar-refractivity contribution in [3.05, 3.63) is 71.1 Å². The highest BCUT2D eigenvalue weighted by molar-refractivity contribution is 6.00. The largest absolute Gasteiger partial charge is 0.508 e. The van der Waals surface area contributed by atoms with Gasteiger partial charge in [-0.2, -0.15) is 0 Å². The van der Waals surface area contributed by atoms with Crippen molar-refractivity contribution in [2.24, 2.45) is 9.98 Å². The van der Waals surface area contributed by atoms with Gasteiger partial charge in [-0.1, -0.05) is 18.2 Å². The first-order chi connectivity index (χ1) is 12.5. The van der Waals surface area contributed by atoms with E-state index in [1.54, 1.807) is 24.5 Å². The Morgan fingerprint density at radius 3 is 2.81 bits per heavy atom. The molecule has 0 unspecified atom stereocenters. The number of aliphatic imine (C=N–C) groups is 2. The van der Waals surface area contributed by atoms with Crippen LogP contribution in [-0.4, -0.2) is 23.2 Å². The number of amides is 1. The molecule has 3 rings (SSSR count). The number of phenols is 1. The van der Waals surface area contributed by atoms with Gasteiger partial charge in [-0.05, 0) is 49.2 Å². The van der Waals surface area contributed by atoms with Gasteiger partial charge in [0.05, 0.1) is 6.20 Å². The van der Waals surface area contributed by atoms with E-state index in [9.17, 15) is 9.90 Å². The second kappa shape index (κ2) is 7.65. The first-order valence-corrected chi connectivity index (χ1v) is 8.25. The molecule has 0 aromatic heterocycles. The highest BCUT2D eigenvalue weighted by atomic mass is 16.3. The van der Waals surface area contributed by atoms with Crippen molar-refractivity contribution in [1.82, 2.24) is 5.32 Å². The highest BCUT2D eigenvalue weighted by Crippen LogP contribution is 2.16. The summed E-state index contributed by atoms with van der Waals surface area (Å²) in [6, 6.07) is 12.6. The molecular formula is C20H20N4O2. The Kier molecular flexibility index (Phi) is 5.12. The molecule has 0 bridgehead atoms. The smallest absolute Gasteiger partial charge is 0.255 e. The van der Waals surface area contributed by atoms with Crippen LogP contribution in [0.25, 0.3) is 0 Å². The standard InChI is InChI=1S/C20H20N4O2/c1-13-4-3-5-15(10-13)24-20-21-9-8-16(12-22-20)23-19(26)18-11-17(25)7-6-14(18)2/h3-7,9-12,25H,8H2,1-2H3,(H,22,24)(H,23,26). The molecule has 0 radical (unpaired) electrons. The molecule has 0 aliphatic carbocycles. The van der Waals surface area contributed by atoms with Gasteiger partial charge in [0.1, 0.15) is 5.75 Å². The van der Waals surface area contributed by atoms with E-state index >= 15 is 0 Å². The first-order valence-electron chi connectivity index (χ1n) is 8.25. The molecule has 1 aliphatic rings. The lowest BCUT2D eigenvalue weighted by Crippen LogP contribution is -2.23. The van der Waals surface area contributed by atoms with Gasteiger partial charge < -0.3 is 15.7 Å². The second-order valence-corrected chi connectivity index (χ2v) is 6.07. The number of nitrogens with one attached hydrogen (secondary N) is 2. The van der Waals surface area contributed by atoms with E-state index in [1.165, 1.54) is 6.07 Å². The second-order valence-electron chi connectivity index (χ2n) is 6.07. The summed E-state index contributed by atoms with van der Waals surface area (Å²) in [5.74, 6) is 0.219. The number of benzene rings is 2. The van der Waals surface area contributed by atoms with Crippen LogP contribution in [0, 0.1) is 13.8 Å². The number of rotatable bonds is 3. The highest BCUT2D eigenvalue weighted by Gasteiger charge is 2.12. The lowest BCUT2D eigenvalue weighted by molar-refractivity contribution is 0.0964. The normalized spacial score (nSPS) is 13.5. The Labute approximate surface area is 152 Å². The molecule has 132 valence electrons. The van der Waals surface area contributed by atoms with Crippen molar-refractivity contribution in [1.29, 1.82) is 0 Å². The molecule has 6 heteroatoms. The van der Waals surface area contributed by atoms with Crippen LogP contribution in [0.2, 0.25) is 0 Å². The van der Waals surface area contributed by atoms with Crippen molar-refractivity contribution < 1.29 is 9.90 Å². The zero-order chi connectivity index (χ0) is 18.5. The molecular weight excluding hydrogens is 328 g/mol. The third-order valence-corrected chi connectivity index (χ3v) is 3.88. The number of aryl methyl sites for hydroxylation is 2. The lowest BCUT2D eigenvalue weighted by atomic mass is 10.1. The Hall–Kier alpha value is -3.41. The summed E-state index contributed by atoms with van der Waals surface area (Å²) in [6.07, 6.45) is 3.73. The van der Waals surface area contributed by atoms with Gasteiger partial charge in [0, 0.05) is 29.6 Å². The maximum atomic E-state index is 12.4. The Bertz CT molecular complexity index is 929. The number of allylic oxidation sites excluding steroid dienone is 1. The zero-order valence-electron chi connectivity index (χ0n) is 14.7. The molecule has 0 saturated carbocycles. The fourth-order valence-electron chi connectivity index (χ4n) is 2.52. The summed E-state index contributed by atoms with van der Waals surface area (Å²) in [7, 11) is 0. The van der Waals surface area contributed by atoms with Gasteiger partial charge in [0.2, 0.25) is 5.96 Å². The molecule has 2 aromatic rings. The number of phenolic OH excluding ortho intramolecular Hbond substituents is 1. The van der Waals surface area contributed by atoms with E-state index in [-0.39, 0.29) is 11.7 Å². The summed E-state index contributed by atoms with van der Waals surface area (Å²) in [5.41, 5.74) is 3.88. The van der Waals surface area contributed by atoms with Crippen molar-refractivity contribution in [2.75, 3.05) is 5.32 Å². The van der Waals surface area contributed by atoms with Crippen LogP contribution in [0.5, 0.6) is 5.75 Å². The maximum Gasteiger partial charge on any atom is 0.255 e. The third-order valence-electron chi connectivity index (χ3n) is 3.88. The minimum Gasteiger partial charge on any atom is -0.508 e. The Balaban J connectivity index is 1.72. The molecule has 0 saturated heterocycles. The topological polar surface area (TPSA) is 86.1 Å². The SMILES string of the molecule is Cc1cccc(NC2=NC=C(NC(=O)c3cc(O)ccc3C)CC=N2)c1. The molecule has 26 heavy (non-hydrogen) atoms. The predicted molar refractivity (Wildman–Crippen MR) is 104 cm³/mol. The first kappa shape index (κ1) is 17.4. The van der Waals surface area contributed by atoms with Gasteiger partial charge in [0.25, 0.3) is 5.91 Å². The average molecular weight is 348 g/mol. The number of carbonyl (C=O) groups is 1.